The van der Waals surface area contributed by atoms with Gasteiger partial charge in [0.15, 0.2) is 0 Å². The molecule has 0 saturated heterocycles. The first kappa shape index (κ1) is 13.7. The van der Waals surface area contributed by atoms with E-state index in [9.17, 15) is 0 Å². The molecule has 3 N–H and O–H groups in total. The van der Waals surface area contributed by atoms with Gasteiger partial charge in [-0.15, -0.1) is 11.3 Å². The van der Waals surface area contributed by atoms with Gasteiger partial charge in [0.05, 0.1) is 0 Å². The minimum absolute atomic E-state index is 0.264. The Labute approximate surface area is 117 Å². The molecule has 0 aliphatic rings. The number of nitrogens with two attached hydrogens (primary N) is 1. The molecule has 6 heteroatoms. The van der Waals surface area contributed by atoms with Crippen molar-refractivity contribution in [2.24, 2.45) is 0 Å². The number of nitrogens with zero attached hydrogens (tertiary/aromatic N) is 3. The smallest absolute Gasteiger partial charge is 0.227 e. The highest BCUT2D eigenvalue weighted by molar-refractivity contribution is 7.11. The van der Waals surface area contributed by atoms with E-state index in [0.29, 0.717) is 5.95 Å². The molecule has 0 bridgehead atoms. The van der Waals surface area contributed by atoms with Crippen LogP contribution in [-0.2, 0) is 6.42 Å². The molecule has 0 spiro atoms. The van der Waals surface area contributed by atoms with E-state index in [0.717, 1.165) is 18.7 Å². The fourth-order valence-corrected chi connectivity index (χ4v) is 2.75. The maximum atomic E-state index is 5.68. The van der Waals surface area contributed by atoms with Crippen LogP contribution in [0.1, 0.15) is 34.8 Å². The molecule has 0 aliphatic heterocycles. The second-order valence-corrected chi connectivity index (χ2v) is 5.95. The lowest BCUT2D eigenvalue weighted by atomic mass is 10.0. The SMILES string of the molecule is CNc1nc(N)nc(C(C)CCc2ccc(C)s2)n1. The minimum Gasteiger partial charge on any atom is -0.368 e. The van der Waals surface area contributed by atoms with Crippen molar-refractivity contribution in [3.63, 3.8) is 0 Å². The van der Waals surface area contributed by atoms with Gasteiger partial charge in [-0.05, 0) is 31.9 Å². The summed E-state index contributed by atoms with van der Waals surface area (Å²) < 4.78 is 0. The van der Waals surface area contributed by atoms with E-state index < -0.39 is 0 Å². The van der Waals surface area contributed by atoms with Crippen molar-refractivity contribution in [2.45, 2.75) is 32.6 Å². The highest BCUT2D eigenvalue weighted by Crippen LogP contribution is 2.23. The molecule has 19 heavy (non-hydrogen) atoms. The molecule has 0 fully saturated rings. The summed E-state index contributed by atoms with van der Waals surface area (Å²) in [6.45, 7) is 4.25. The monoisotopic (exact) mass is 277 g/mol. The Balaban J connectivity index is 2.03. The normalized spacial score (nSPS) is 12.4. The van der Waals surface area contributed by atoms with E-state index >= 15 is 0 Å². The second-order valence-electron chi connectivity index (χ2n) is 4.58. The zero-order valence-corrected chi connectivity index (χ0v) is 12.3. The first-order chi connectivity index (χ1) is 9.08. The maximum absolute atomic E-state index is 5.68. The summed E-state index contributed by atoms with van der Waals surface area (Å²) in [7, 11) is 1.78. The van der Waals surface area contributed by atoms with Gasteiger partial charge in [-0.25, -0.2) is 0 Å². The average Bonchev–Trinajstić information content (AvgIpc) is 2.81. The van der Waals surface area contributed by atoms with E-state index in [2.05, 4.69) is 46.2 Å². The Hall–Kier alpha value is -1.69. The zero-order chi connectivity index (χ0) is 13.8. The van der Waals surface area contributed by atoms with Crippen LogP contribution < -0.4 is 11.1 Å². The van der Waals surface area contributed by atoms with Crippen LogP contribution in [0, 0.1) is 6.92 Å². The van der Waals surface area contributed by atoms with E-state index in [4.69, 9.17) is 5.73 Å². The highest BCUT2D eigenvalue weighted by atomic mass is 32.1. The third-order valence-electron chi connectivity index (χ3n) is 2.95. The van der Waals surface area contributed by atoms with Crippen LogP contribution in [0.25, 0.3) is 0 Å². The van der Waals surface area contributed by atoms with Gasteiger partial charge in [0.1, 0.15) is 5.82 Å². The second kappa shape index (κ2) is 5.97. The molecular formula is C13H19N5S. The fourth-order valence-electron chi connectivity index (χ4n) is 1.85. The summed E-state index contributed by atoms with van der Waals surface area (Å²) in [6, 6.07) is 4.35. The number of rotatable bonds is 5. The Morgan fingerprint density at radius 2 is 2.11 bits per heavy atom. The van der Waals surface area contributed by atoms with E-state index in [1.54, 1.807) is 7.05 Å². The fraction of sp³-hybridized carbons (Fsp3) is 0.462. The maximum Gasteiger partial charge on any atom is 0.227 e. The Kier molecular flexibility index (Phi) is 4.31. The summed E-state index contributed by atoms with van der Waals surface area (Å²) in [5.74, 6) is 1.82. The predicted molar refractivity (Wildman–Crippen MR) is 79.6 cm³/mol. The van der Waals surface area contributed by atoms with Crippen LogP contribution in [-0.4, -0.2) is 22.0 Å². The minimum atomic E-state index is 0.264. The lowest BCUT2D eigenvalue weighted by Gasteiger charge is -2.10. The average molecular weight is 277 g/mol. The van der Waals surface area contributed by atoms with Crippen LogP contribution in [0.4, 0.5) is 11.9 Å². The molecule has 2 aromatic rings. The number of aryl methyl sites for hydroxylation is 2. The molecule has 2 rings (SSSR count). The van der Waals surface area contributed by atoms with Crippen LogP contribution >= 0.6 is 11.3 Å². The van der Waals surface area contributed by atoms with E-state index in [-0.39, 0.29) is 11.9 Å². The first-order valence-corrected chi connectivity index (χ1v) is 7.14. The molecule has 0 amide bonds. The van der Waals surface area contributed by atoms with Crippen molar-refractivity contribution in [1.82, 2.24) is 15.0 Å². The Bertz CT molecular complexity index is 552. The van der Waals surface area contributed by atoms with Crippen molar-refractivity contribution in [1.29, 1.82) is 0 Å². The lowest BCUT2D eigenvalue weighted by Crippen LogP contribution is -2.09. The van der Waals surface area contributed by atoms with Gasteiger partial charge in [0.2, 0.25) is 11.9 Å². The van der Waals surface area contributed by atoms with Crippen LogP contribution in [0.5, 0.6) is 0 Å². The predicted octanol–water partition coefficient (Wildman–Crippen LogP) is 2.60. The number of anilines is 2. The summed E-state index contributed by atoms with van der Waals surface area (Å²) in [4.78, 5) is 15.3. The molecule has 2 aromatic heterocycles. The Morgan fingerprint density at radius 3 is 2.74 bits per heavy atom. The molecule has 0 radical (unpaired) electrons. The van der Waals surface area contributed by atoms with Crippen molar-refractivity contribution in [3.8, 4) is 0 Å². The molecule has 1 atom stereocenters. The van der Waals surface area contributed by atoms with Gasteiger partial charge < -0.3 is 11.1 Å². The molecule has 2 heterocycles. The molecule has 102 valence electrons. The number of thiophene rings is 1. The number of aromatic nitrogens is 3. The standard InChI is InChI=1S/C13H19N5S/c1-8(4-6-10-7-5-9(2)19-10)11-16-12(14)18-13(15-3)17-11/h5,7-8H,4,6H2,1-3H3,(H3,14,15,16,17,18). The van der Waals surface area contributed by atoms with Crippen molar-refractivity contribution < 1.29 is 0 Å². The third-order valence-corrected chi connectivity index (χ3v) is 4.01. The lowest BCUT2D eigenvalue weighted by molar-refractivity contribution is 0.639. The summed E-state index contributed by atoms with van der Waals surface area (Å²) in [5, 5.41) is 2.90. The van der Waals surface area contributed by atoms with Gasteiger partial charge in [0, 0.05) is 22.7 Å². The molecule has 1 unspecified atom stereocenters. The number of hydrogen-bond donors (Lipinski definition) is 2. The summed E-state index contributed by atoms with van der Waals surface area (Å²) in [6.07, 6.45) is 2.05. The van der Waals surface area contributed by atoms with Crippen LogP contribution in [0.15, 0.2) is 12.1 Å². The highest BCUT2D eigenvalue weighted by Gasteiger charge is 2.12. The van der Waals surface area contributed by atoms with Crippen molar-refractivity contribution in [3.05, 3.63) is 27.7 Å². The number of nitrogen functional groups attached to an aromatic ring is 1. The number of hydrogen-bond acceptors (Lipinski definition) is 6. The number of nitrogens with one attached hydrogen (secondary N) is 1. The summed E-state index contributed by atoms with van der Waals surface area (Å²) in [5.41, 5.74) is 5.68. The molecular weight excluding hydrogens is 258 g/mol. The van der Waals surface area contributed by atoms with Gasteiger partial charge in [-0.3, -0.25) is 0 Å². The van der Waals surface area contributed by atoms with Gasteiger partial charge in [-0.1, -0.05) is 6.92 Å². The quantitative estimate of drug-likeness (QED) is 0.878. The largest absolute Gasteiger partial charge is 0.368 e. The summed E-state index contributed by atoms with van der Waals surface area (Å²) >= 11 is 1.85. The van der Waals surface area contributed by atoms with E-state index in [1.807, 2.05) is 11.3 Å². The Morgan fingerprint density at radius 1 is 1.32 bits per heavy atom. The van der Waals surface area contributed by atoms with Crippen molar-refractivity contribution in [2.75, 3.05) is 18.1 Å². The van der Waals surface area contributed by atoms with Gasteiger partial charge in [0.25, 0.3) is 0 Å². The van der Waals surface area contributed by atoms with Gasteiger partial charge in [-0.2, -0.15) is 15.0 Å². The van der Waals surface area contributed by atoms with Crippen LogP contribution in [0.3, 0.4) is 0 Å². The zero-order valence-electron chi connectivity index (χ0n) is 11.5. The van der Waals surface area contributed by atoms with Gasteiger partial charge >= 0.3 is 0 Å². The van der Waals surface area contributed by atoms with Crippen molar-refractivity contribution >= 4 is 23.2 Å². The van der Waals surface area contributed by atoms with Crippen LogP contribution in [0.2, 0.25) is 0 Å². The first-order valence-electron chi connectivity index (χ1n) is 6.33. The topological polar surface area (TPSA) is 76.7 Å². The molecule has 0 aromatic carbocycles. The molecule has 5 nitrogen and oxygen atoms in total. The molecule has 0 saturated carbocycles. The molecule has 0 aliphatic carbocycles. The van der Waals surface area contributed by atoms with E-state index in [1.165, 1.54) is 9.75 Å². The third kappa shape index (κ3) is 3.64.